The van der Waals surface area contributed by atoms with Crippen LogP contribution >= 0.6 is 11.3 Å². The van der Waals surface area contributed by atoms with Gasteiger partial charge in [-0.3, -0.25) is 4.90 Å². The minimum absolute atomic E-state index is 0.396. The Kier molecular flexibility index (Phi) is 5.36. The van der Waals surface area contributed by atoms with Crippen molar-refractivity contribution in [3.05, 3.63) is 29.0 Å². The molecular formula is C19H28N6S. The van der Waals surface area contributed by atoms with Gasteiger partial charge in [0, 0.05) is 56.9 Å². The second-order valence-electron chi connectivity index (χ2n) is 7.50. The molecule has 2 atom stereocenters. The van der Waals surface area contributed by atoms with E-state index in [1.54, 1.807) is 17.7 Å². The molecule has 0 N–H and O–H groups in total. The lowest BCUT2D eigenvalue weighted by molar-refractivity contribution is 0.198. The third-order valence-electron chi connectivity index (χ3n) is 5.61. The van der Waals surface area contributed by atoms with Crippen molar-refractivity contribution in [2.75, 3.05) is 49.1 Å². The predicted molar refractivity (Wildman–Crippen MR) is 107 cm³/mol. The summed E-state index contributed by atoms with van der Waals surface area (Å²) >= 11 is 1.75. The van der Waals surface area contributed by atoms with Gasteiger partial charge in [-0.15, -0.1) is 11.3 Å². The van der Waals surface area contributed by atoms with Gasteiger partial charge in [0.2, 0.25) is 0 Å². The largest absolute Gasteiger partial charge is 0.356 e. The quantitative estimate of drug-likeness (QED) is 0.822. The highest BCUT2D eigenvalue weighted by Gasteiger charge is 2.25. The molecule has 0 aliphatic carbocycles. The summed E-state index contributed by atoms with van der Waals surface area (Å²) in [6.45, 7) is 10.9. The molecule has 0 amide bonds. The van der Waals surface area contributed by atoms with E-state index in [4.69, 9.17) is 0 Å². The maximum atomic E-state index is 4.56. The number of aromatic nitrogens is 3. The van der Waals surface area contributed by atoms with Crippen LogP contribution in [0.15, 0.2) is 24.0 Å². The van der Waals surface area contributed by atoms with Gasteiger partial charge in [0.15, 0.2) is 0 Å². The Morgan fingerprint density at radius 1 is 1.04 bits per heavy atom. The van der Waals surface area contributed by atoms with Gasteiger partial charge in [0.05, 0.1) is 6.04 Å². The Labute approximate surface area is 159 Å². The van der Waals surface area contributed by atoms with E-state index in [0.717, 1.165) is 56.8 Å². The smallest absolute Gasteiger partial charge is 0.134 e. The molecule has 2 unspecified atom stereocenters. The molecule has 140 valence electrons. The van der Waals surface area contributed by atoms with Crippen LogP contribution in [0.4, 0.5) is 11.6 Å². The fourth-order valence-electron chi connectivity index (χ4n) is 4.02. The highest BCUT2D eigenvalue weighted by Crippen LogP contribution is 2.26. The van der Waals surface area contributed by atoms with Crippen LogP contribution in [0.1, 0.15) is 37.7 Å². The van der Waals surface area contributed by atoms with Gasteiger partial charge in [-0.1, -0.05) is 6.92 Å². The zero-order valence-corrected chi connectivity index (χ0v) is 16.5. The summed E-state index contributed by atoms with van der Waals surface area (Å²) in [5, 5.41) is 3.27. The first kappa shape index (κ1) is 17.7. The first-order chi connectivity index (χ1) is 12.7. The zero-order chi connectivity index (χ0) is 17.9. The van der Waals surface area contributed by atoms with Crippen LogP contribution in [0.25, 0.3) is 0 Å². The summed E-state index contributed by atoms with van der Waals surface area (Å²) < 4.78 is 0. The highest BCUT2D eigenvalue weighted by molar-refractivity contribution is 7.09. The molecule has 2 aromatic heterocycles. The van der Waals surface area contributed by atoms with Crippen LogP contribution in [-0.2, 0) is 0 Å². The minimum Gasteiger partial charge on any atom is -0.356 e. The number of rotatable bonds is 4. The lowest BCUT2D eigenvalue weighted by atomic mass is 10.0. The van der Waals surface area contributed by atoms with E-state index in [1.807, 2.05) is 6.20 Å². The molecule has 2 saturated heterocycles. The van der Waals surface area contributed by atoms with Gasteiger partial charge in [-0.25, -0.2) is 15.0 Å². The van der Waals surface area contributed by atoms with E-state index in [-0.39, 0.29) is 0 Å². The molecule has 0 saturated carbocycles. The highest BCUT2D eigenvalue weighted by atomic mass is 32.1. The average molecular weight is 373 g/mol. The number of thiazole rings is 1. The monoisotopic (exact) mass is 372 g/mol. The normalized spacial score (nSPS) is 23.2. The Morgan fingerprint density at radius 3 is 2.50 bits per heavy atom. The van der Waals surface area contributed by atoms with Gasteiger partial charge < -0.3 is 9.80 Å². The van der Waals surface area contributed by atoms with E-state index in [0.29, 0.717) is 6.04 Å². The van der Waals surface area contributed by atoms with E-state index >= 15 is 0 Å². The molecular weight excluding hydrogens is 344 g/mol. The lowest BCUT2D eigenvalue weighted by Crippen LogP contribution is -2.47. The number of hydrogen-bond acceptors (Lipinski definition) is 7. The first-order valence-electron chi connectivity index (χ1n) is 9.66. The number of anilines is 2. The van der Waals surface area contributed by atoms with Crippen molar-refractivity contribution in [1.29, 1.82) is 0 Å². The SMILES string of the molecule is CC1CCCN(c2cc(N3CCN(C(C)c4nccs4)CC3)ncn2)C1. The van der Waals surface area contributed by atoms with Crippen LogP contribution in [0.2, 0.25) is 0 Å². The minimum atomic E-state index is 0.396. The fourth-order valence-corrected chi connectivity index (χ4v) is 4.74. The van der Waals surface area contributed by atoms with Gasteiger partial charge in [0.1, 0.15) is 23.0 Å². The summed E-state index contributed by atoms with van der Waals surface area (Å²) in [4.78, 5) is 20.9. The summed E-state index contributed by atoms with van der Waals surface area (Å²) in [6, 6.07) is 2.57. The van der Waals surface area contributed by atoms with Crippen molar-refractivity contribution in [1.82, 2.24) is 19.9 Å². The summed E-state index contributed by atoms with van der Waals surface area (Å²) in [5.74, 6) is 2.90. The molecule has 7 heteroatoms. The zero-order valence-electron chi connectivity index (χ0n) is 15.7. The van der Waals surface area contributed by atoms with E-state index in [9.17, 15) is 0 Å². The first-order valence-corrected chi connectivity index (χ1v) is 10.5. The molecule has 6 nitrogen and oxygen atoms in total. The Bertz CT molecular complexity index is 698. The molecule has 0 spiro atoms. The van der Waals surface area contributed by atoms with Crippen molar-refractivity contribution >= 4 is 23.0 Å². The van der Waals surface area contributed by atoms with Crippen molar-refractivity contribution in [2.24, 2.45) is 5.92 Å². The third-order valence-corrected chi connectivity index (χ3v) is 6.56. The fraction of sp³-hybridized carbons (Fsp3) is 0.632. The Hall–Kier alpha value is -1.73. The second-order valence-corrected chi connectivity index (χ2v) is 8.42. The molecule has 2 aliphatic heterocycles. The van der Waals surface area contributed by atoms with Crippen LogP contribution in [0.3, 0.4) is 0 Å². The van der Waals surface area contributed by atoms with Gasteiger partial charge >= 0.3 is 0 Å². The maximum Gasteiger partial charge on any atom is 0.134 e. The molecule has 2 aliphatic rings. The van der Waals surface area contributed by atoms with Crippen LogP contribution in [0, 0.1) is 5.92 Å². The van der Waals surface area contributed by atoms with E-state index < -0.39 is 0 Å². The third kappa shape index (κ3) is 3.83. The van der Waals surface area contributed by atoms with Crippen LogP contribution < -0.4 is 9.80 Å². The summed E-state index contributed by atoms with van der Waals surface area (Å²) in [7, 11) is 0. The molecule has 0 bridgehead atoms. The summed E-state index contributed by atoms with van der Waals surface area (Å²) in [6.07, 6.45) is 6.21. The number of hydrogen-bond donors (Lipinski definition) is 0. The molecule has 0 aromatic carbocycles. The Morgan fingerprint density at radius 2 is 1.81 bits per heavy atom. The molecule has 0 radical (unpaired) electrons. The van der Waals surface area contributed by atoms with Gasteiger partial charge in [0.25, 0.3) is 0 Å². The van der Waals surface area contributed by atoms with Crippen LogP contribution in [-0.4, -0.2) is 59.1 Å². The van der Waals surface area contributed by atoms with E-state index in [2.05, 4.69) is 54.9 Å². The van der Waals surface area contributed by atoms with Gasteiger partial charge in [-0.2, -0.15) is 0 Å². The standard InChI is InChI=1S/C19H28N6S/c1-15-4-3-6-25(13-15)18-12-17(21-14-22-18)24-9-7-23(8-10-24)16(2)19-20-5-11-26-19/h5,11-12,14-16H,3-4,6-10,13H2,1-2H3. The van der Waals surface area contributed by atoms with Crippen molar-refractivity contribution in [3.63, 3.8) is 0 Å². The predicted octanol–water partition coefficient (Wildman–Crippen LogP) is 3.05. The lowest BCUT2D eigenvalue weighted by Gasteiger charge is -2.38. The van der Waals surface area contributed by atoms with Crippen LogP contribution in [0.5, 0.6) is 0 Å². The molecule has 2 aromatic rings. The summed E-state index contributed by atoms with van der Waals surface area (Å²) in [5.41, 5.74) is 0. The molecule has 26 heavy (non-hydrogen) atoms. The van der Waals surface area contributed by atoms with Gasteiger partial charge in [-0.05, 0) is 25.7 Å². The topological polar surface area (TPSA) is 48.4 Å². The van der Waals surface area contributed by atoms with Crippen molar-refractivity contribution in [3.8, 4) is 0 Å². The Balaban J connectivity index is 1.39. The average Bonchev–Trinajstić information content (AvgIpc) is 3.22. The molecule has 4 heterocycles. The second kappa shape index (κ2) is 7.88. The number of nitrogens with zero attached hydrogens (tertiary/aromatic N) is 6. The van der Waals surface area contributed by atoms with E-state index in [1.165, 1.54) is 17.8 Å². The van der Waals surface area contributed by atoms with Crippen molar-refractivity contribution < 1.29 is 0 Å². The number of piperidine rings is 1. The maximum absolute atomic E-state index is 4.56. The number of piperazine rings is 1. The molecule has 2 fully saturated rings. The van der Waals surface area contributed by atoms with Crippen molar-refractivity contribution in [2.45, 2.75) is 32.7 Å². The molecule has 4 rings (SSSR count).